The van der Waals surface area contributed by atoms with Crippen LogP contribution in [0.4, 0.5) is 0 Å². The maximum atomic E-state index is 12.9. The molecular weight excluding hydrogens is 312 g/mol. The number of aromatic nitrogens is 1. The number of amides is 1. The van der Waals surface area contributed by atoms with E-state index in [0.29, 0.717) is 17.1 Å². The van der Waals surface area contributed by atoms with E-state index < -0.39 is 11.9 Å². The van der Waals surface area contributed by atoms with Crippen molar-refractivity contribution in [3.05, 3.63) is 40.2 Å². The van der Waals surface area contributed by atoms with Crippen LogP contribution in [0, 0.1) is 18.8 Å². The summed E-state index contributed by atoms with van der Waals surface area (Å²) in [5.41, 5.74) is 1.59. The van der Waals surface area contributed by atoms with Gasteiger partial charge < -0.3 is 10.0 Å². The van der Waals surface area contributed by atoms with E-state index in [0.717, 1.165) is 10.6 Å². The summed E-state index contributed by atoms with van der Waals surface area (Å²) in [5, 5.41) is 10.1. The monoisotopic (exact) mass is 330 g/mol. The number of rotatable bonds is 3. The average Bonchev–Trinajstić information content (AvgIpc) is 3.11. The summed E-state index contributed by atoms with van der Waals surface area (Å²) in [6.45, 7) is 4.49. The zero-order chi connectivity index (χ0) is 16.6. The minimum atomic E-state index is -0.837. The largest absolute Gasteiger partial charge is 0.481 e. The molecule has 2 atom stereocenters. The molecule has 23 heavy (non-hydrogen) atoms. The molecule has 1 aliphatic heterocycles. The molecule has 6 heteroatoms. The Bertz CT molecular complexity index is 742. The van der Waals surface area contributed by atoms with Crippen LogP contribution in [0.2, 0.25) is 0 Å². The van der Waals surface area contributed by atoms with Gasteiger partial charge in [-0.05, 0) is 12.8 Å². The molecule has 1 aliphatic rings. The predicted molar refractivity (Wildman–Crippen MR) is 88.5 cm³/mol. The van der Waals surface area contributed by atoms with Crippen molar-refractivity contribution in [1.29, 1.82) is 0 Å². The number of carboxylic acid groups (broad SMARTS) is 1. The van der Waals surface area contributed by atoms with Crippen LogP contribution in [-0.2, 0) is 4.79 Å². The number of hydrogen-bond donors (Lipinski definition) is 1. The molecule has 0 bridgehead atoms. The van der Waals surface area contributed by atoms with Crippen LogP contribution in [0.25, 0.3) is 11.3 Å². The molecule has 0 aliphatic carbocycles. The number of aliphatic carboxylic acids is 1. The molecule has 0 spiro atoms. The van der Waals surface area contributed by atoms with Gasteiger partial charge in [0.25, 0.3) is 5.91 Å². The Hall–Kier alpha value is -2.21. The standard InChI is InChI=1S/C17H18N2O3S/c1-10-8-19(9-13(10)17(21)22)16(20)15-14(18-11(2)23-15)12-6-4-3-5-7-12/h3-7,10,13H,8-9H2,1-2H3,(H,21,22)/t10-,13-/m1/s1. The maximum absolute atomic E-state index is 12.9. The van der Waals surface area contributed by atoms with Crippen LogP contribution in [-0.4, -0.2) is 40.0 Å². The Balaban J connectivity index is 1.91. The summed E-state index contributed by atoms with van der Waals surface area (Å²) >= 11 is 1.37. The molecular formula is C17H18N2O3S. The lowest BCUT2D eigenvalue weighted by Crippen LogP contribution is -2.29. The van der Waals surface area contributed by atoms with Gasteiger partial charge in [-0.3, -0.25) is 9.59 Å². The fourth-order valence-electron chi connectivity index (χ4n) is 2.96. The van der Waals surface area contributed by atoms with Gasteiger partial charge in [-0.1, -0.05) is 37.3 Å². The average molecular weight is 330 g/mol. The van der Waals surface area contributed by atoms with Crippen LogP contribution in [0.3, 0.4) is 0 Å². The van der Waals surface area contributed by atoms with E-state index in [4.69, 9.17) is 0 Å². The second-order valence-electron chi connectivity index (χ2n) is 5.91. The maximum Gasteiger partial charge on any atom is 0.308 e. The Labute approximate surface area is 138 Å². The Morgan fingerprint density at radius 3 is 2.57 bits per heavy atom. The molecule has 0 unspecified atom stereocenters. The van der Waals surface area contributed by atoms with Crippen molar-refractivity contribution in [2.24, 2.45) is 11.8 Å². The number of carboxylic acids is 1. The van der Waals surface area contributed by atoms with Crippen LogP contribution >= 0.6 is 11.3 Å². The van der Waals surface area contributed by atoms with Crippen molar-refractivity contribution in [2.75, 3.05) is 13.1 Å². The fraction of sp³-hybridized carbons (Fsp3) is 0.353. The number of carbonyl (C=O) groups excluding carboxylic acids is 1. The van der Waals surface area contributed by atoms with E-state index >= 15 is 0 Å². The number of aryl methyl sites for hydroxylation is 1. The summed E-state index contributed by atoms with van der Waals surface area (Å²) in [7, 11) is 0. The van der Waals surface area contributed by atoms with Crippen molar-refractivity contribution in [3.63, 3.8) is 0 Å². The molecule has 2 aromatic rings. The van der Waals surface area contributed by atoms with E-state index in [1.54, 1.807) is 4.90 Å². The highest BCUT2D eigenvalue weighted by Crippen LogP contribution is 2.32. The van der Waals surface area contributed by atoms with Crippen molar-refractivity contribution in [2.45, 2.75) is 13.8 Å². The number of hydrogen-bond acceptors (Lipinski definition) is 4. The zero-order valence-corrected chi connectivity index (χ0v) is 13.8. The van der Waals surface area contributed by atoms with E-state index in [-0.39, 0.29) is 18.4 Å². The molecule has 120 valence electrons. The van der Waals surface area contributed by atoms with Gasteiger partial charge in [0.05, 0.1) is 16.6 Å². The lowest BCUT2D eigenvalue weighted by Gasteiger charge is -2.15. The molecule has 0 radical (unpaired) electrons. The number of nitrogens with zero attached hydrogens (tertiary/aromatic N) is 2. The molecule has 5 nitrogen and oxygen atoms in total. The Morgan fingerprint density at radius 1 is 1.26 bits per heavy atom. The van der Waals surface area contributed by atoms with E-state index in [9.17, 15) is 14.7 Å². The van der Waals surface area contributed by atoms with Gasteiger partial charge in [0, 0.05) is 18.7 Å². The van der Waals surface area contributed by atoms with Crippen molar-refractivity contribution in [1.82, 2.24) is 9.88 Å². The topological polar surface area (TPSA) is 70.5 Å². The first-order chi connectivity index (χ1) is 11.0. The molecule has 3 rings (SSSR count). The highest BCUT2D eigenvalue weighted by Gasteiger charge is 2.38. The quantitative estimate of drug-likeness (QED) is 0.939. The third-order valence-electron chi connectivity index (χ3n) is 4.19. The minimum absolute atomic E-state index is 0.0364. The first kappa shape index (κ1) is 15.7. The molecule has 1 aromatic heterocycles. The van der Waals surface area contributed by atoms with Gasteiger partial charge in [-0.25, -0.2) is 4.98 Å². The van der Waals surface area contributed by atoms with Crippen molar-refractivity contribution in [3.8, 4) is 11.3 Å². The summed E-state index contributed by atoms with van der Waals surface area (Å²) in [4.78, 5) is 30.9. The third-order valence-corrected chi connectivity index (χ3v) is 5.15. The van der Waals surface area contributed by atoms with Crippen LogP contribution < -0.4 is 0 Å². The molecule has 2 heterocycles. The smallest absolute Gasteiger partial charge is 0.308 e. The Morgan fingerprint density at radius 2 is 1.96 bits per heavy atom. The lowest BCUT2D eigenvalue weighted by atomic mass is 9.99. The van der Waals surface area contributed by atoms with Crippen LogP contribution in [0.15, 0.2) is 30.3 Å². The summed E-state index contributed by atoms with van der Waals surface area (Å²) in [6, 6.07) is 9.60. The summed E-state index contributed by atoms with van der Waals surface area (Å²) in [6.07, 6.45) is 0. The van der Waals surface area contributed by atoms with Gasteiger partial charge in [0.15, 0.2) is 0 Å². The third kappa shape index (κ3) is 2.99. The second kappa shape index (κ2) is 6.12. The normalized spacial score (nSPS) is 20.7. The van der Waals surface area contributed by atoms with Crippen LogP contribution in [0.5, 0.6) is 0 Å². The molecule has 1 amide bonds. The summed E-state index contributed by atoms with van der Waals surface area (Å²) in [5.74, 6) is -1.49. The van der Waals surface area contributed by atoms with Crippen molar-refractivity contribution >= 4 is 23.2 Å². The van der Waals surface area contributed by atoms with Gasteiger partial charge in [-0.15, -0.1) is 11.3 Å². The van der Waals surface area contributed by atoms with Gasteiger partial charge in [0.1, 0.15) is 4.88 Å². The van der Waals surface area contributed by atoms with Gasteiger partial charge in [-0.2, -0.15) is 0 Å². The number of likely N-dealkylation sites (tertiary alicyclic amines) is 1. The van der Waals surface area contributed by atoms with Crippen LogP contribution in [0.1, 0.15) is 21.6 Å². The molecule has 1 aromatic carbocycles. The van der Waals surface area contributed by atoms with Crippen molar-refractivity contribution < 1.29 is 14.7 Å². The molecule has 1 N–H and O–H groups in total. The van der Waals surface area contributed by atoms with E-state index in [2.05, 4.69) is 4.98 Å². The van der Waals surface area contributed by atoms with E-state index in [1.807, 2.05) is 44.2 Å². The highest BCUT2D eigenvalue weighted by molar-refractivity contribution is 7.14. The highest BCUT2D eigenvalue weighted by atomic mass is 32.1. The van der Waals surface area contributed by atoms with Gasteiger partial charge in [0.2, 0.25) is 0 Å². The number of carbonyl (C=O) groups is 2. The molecule has 1 saturated heterocycles. The second-order valence-corrected chi connectivity index (χ2v) is 7.11. The zero-order valence-electron chi connectivity index (χ0n) is 13.0. The SMILES string of the molecule is Cc1nc(-c2ccccc2)c(C(=O)N2C[C@@H](C)[C@H](C(=O)O)C2)s1. The molecule has 0 saturated carbocycles. The summed E-state index contributed by atoms with van der Waals surface area (Å²) < 4.78 is 0. The Kier molecular flexibility index (Phi) is 4.17. The first-order valence-electron chi connectivity index (χ1n) is 7.52. The fourth-order valence-corrected chi connectivity index (χ4v) is 3.87. The number of thiazole rings is 1. The molecule has 1 fully saturated rings. The first-order valence-corrected chi connectivity index (χ1v) is 8.34. The predicted octanol–water partition coefficient (Wildman–Crippen LogP) is 2.91. The number of benzene rings is 1. The van der Waals surface area contributed by atoms with E-state index in [1.165, 1.54) is 11.3 Å². The minimum Gasteiger partial charge on any atom is -0.481 e. The van der Waals surface area contributed by atoms with Gasteiger partial charge >= 0.3 is 5.97 Å². The lowest BCUT2D eigenvalue weighted by molar-refractivity contribution is -0.142.